The summed E-state index contributed by atoms with van der Waals surface area (Å²) in [6.45, 7) is 3.14. The summed E-state index contributed by atoms with van der Waals surface area (Å²) in [6.07, 6.45) is 1.05. The van der Waals surface area contributed by atoms with Gasteiger partial charge in [0.2, 0.25) is 0 Å². The van der Waals surface area contributed by atoms with Gasteiger partial charge in [-0.25, -0.2) is 0 Å². The highest BCUT2D eigenvalue weighted by atomic mass is 35.5. The maximum Gasteiger partial charge on any atom is 0.0441 e. The predicted molar refractivity (Wildman–Crippen MR) is 51.5 cm³/mol. The van der Waals surface area contributed by atoms with Crippen molar-refractivity contribution in [2.75, 3.05) is 0 Å². The quantitative estimate of drug-likeness (QED) is 0.648. The molecule has 0 spiro atoms. The summed E-state index contributed by atoms with van der Waals surface area (Å²) < 4.78 is 0. The molecular formula is C10H12ClN. The van der Waals surface area contributed by atoms with E-state index in [-0.39, 0.29) is 0 Å². The van der Waals surface area contributed by atoms with Gasteiger partial charge in [0.1, 0.15) is 0 Å². The first-order valence-corrected chi connectivity index (χ1v) is 4.65. The summed E-state index contributed by atoms with van der Waals surface area (Å²) in [5, 5.41) is 4.32. The minimum Gasteiger partial charge on any atom is -0.310 e. The lowest BCUT2D eigenvalue weighted by Gasteiger charge is -2.23. The van der Waals surface area contributed by atoms with E-state index < -0.39 is 0 Å². The van der Waals surface area contributed by atoms with Gasteiger partial charge in [0.15, 0.2) is 0 Å². The highest BCUT2D eigenvalue weighted by molar-refractivity contribution is 6.31. The molecule has 2 rings (SSSR count). The molecule has 1 aliphatic rings. The summed E-state index contributed by atoms with van der Waals surface area (Å²) in [7, 11) is 0. The Morgan fingerprint density at radius 1 is 1.50 bits per heavy atom. The standard InChI is InChI=1S/C10H12ClN/c1-7-5-9-8(6-12-7)3-2-4-10(9)11/h2-4,7,12H,5-6H2,1H3. The highest BCUT2D eigenvalue weighted by Gasteiger charge is 2.15. The van der Waals surface area contributed by atoms with Crippen LogP contribution >= 0.6 is 11.6 Å². The molecule has 1 aromatic carbocycles. The van der Waals surface area contributed by atoms with Gasteiger partial charge in [-0.2, -0.15) is 0 Å². The van der Waals surface area contributed by atoms with E-state index in [1.54, 1.807) is 0 Å². The molecule has 2 heteroatoms. The van der Waals surface area contributed by atoms with Crippen LogP contribution in [0.15, 0.2) is 18.2 Å². The molecule has 1 aromatic rings. The van der Waals surface area contributed by atoms with E-state index in [0.29, 0.717) is 6.04 Å². The molecule has 1 nitrogen and oxygen atoms in total. The third-order valence-electron chi connectivity index (χ3n) is 2.37. The zero-order chi connectivity index (χ0) is 8.55. The first kappa shape index (κ1) is 8.09. The Morgan fingerprint density at radius 3 is 3.17 bits per heavy atom. The number of hydrogen-bond donors (Lipinski definition) is 1. The van der Waals surface area contributed by atoms with Crippen molar-refractivity contribution in [3.8, 4) is 0 Å². The van der Waals surface area contributed by atoms with Crippen LogP contribution in [0.25, 0.3) is 0 Å². The van der Waals surface area contributed by atoms with Crippen molar-refractivity contribution < 1.29 is 0 Å². The highest BCUT2D eigenvalue weighted by Crippen LogP contribution is 2.24. The van der Waals surface area contributed by atoms with Gasteiger partial charge in [-0.15, -0.1) is 0 Å². The first-order chi connectivity index (χ1) is 5.77. The molecule has 1 N–H and O–H groups in total. The largest absolute Gasteiger partial charge is 0.310 e. The molecule has 1 atom stereocenters. The van der Waals surface area contributed by atoms with E-state index in [1.165, 1.54) is 11.1 Å². The first-order valence-electron chi connectivity index (χ1n) is 4.27. The van der Waals surface area contributed by atoms with Crippen molar-refractivity contribution in [1.82, 2.24) is 5.32 Å². The Bertz CT molecular complexity index is 296. The molecule has 1 unspecified atom stereocenters. The molecule has 12 heavy (non-hydrogen) atoms. The number of nitrogens with one attached hydrogen (secondary N) is 1. The van der Waals surface area contributed by atoms with E-state index in [1.807, 2.05) is 12.1 Å². The summed E-state index contributed by atoms with van der Waals surface area (Å²) >= 11 is 6.08. The van der Waals surface area contributed by atoms with Crippen LogP contribution in [-0.2, 0) is 13.0 Å². The van der Waals surface area contributed by atoms with Crippen LogP contribution in [0.2, 0.25) is 5.02 Å². The van der Waals surface area contributed by atoms with Crippen LogP contribution in [-0.4, -0.2) is 6.04 Å². The van der Waals surface area contributed by atoms with Crippen molar-refractivity contribution >= 4 is 11.6 Å². The van der Waals surface area contributed by atoms with Crippen LogP contribution in [0.1, 0.15) is 18.1 Å². The average Bonchev–Trinajstić information content (AvgIpc) is 2.07. The predicted octanol–water partition coefficient (Wildman–Crippen LogP) is 2.37. The van der Waals surface area contributed by atoms with Crippen molar-refractivity contribution in [1.29, 1.82) is 0 Å². The third-order valence-corrected chi connectivity index (χ3v) is 2.72. The van der Waals surface area contributed by atoms with Gasteiger partial charge >= 0.3 is 0 Å². The molecule has 64 valence electrons. The van der Waals surface area contributed by atoms with E-state index in [2.05, 4.69) is 18.3 Å². The van der Waals surface area contributed by atoms with Gasteiger partial charge < -0.3 is 5.32 Å². The van der Waals surface area contributed by atoms with Crippen molar-refractivity contribution in [2.45, 2.75) is 25.9 Å². The van der Waals surface area contributed by atoms with E-state index in [0.717, 1.165) is 18.0 Å². The number of hydrogen-bond acceptors (Lipinski definition) is 1. The van der Waals surface area contributed by atoms with E-state index >= 15 is 0 Å². The van der Waals surface area contributed by atoms with Gasteiger partial charge in [-0.3, -0.25) is 0 Å². The van der Waals surface area contributed by atoms with Gasteiger partial charge in [-0.1, -0.05) is 23.7 Å². The molecule has 1 heterocycles. The second kappa shape index (κ2) is 3.08. The second-order valence-electron chi connectivity index (χ2n) is 3.36. The second-order valence-corrected chi connectivity index (χ2v) is 3.77. The Balaban J connectivity index is 2.43. The van der Waals surface area contributed by atoms with Crippen LogP contribution in [0.5, 0.6) is 0 Å². The van der Waals surface area contributed by atoms with Crippen LogP contribution in [0.3, 0.4) is 0 Å². The lowest BCUT2D eigenvalue weighted by Crippen LogP contribution is -2.32. The normalized spacial score (nSPS) is 22.0. The molecular weight excluding hydrogens is 170 g/mol. The number of benzene rings is 1. The lowest BCUT2D eigenvalue weighted by atomic mass is 9.97. The number of fused-ring (bicyclic) bond motifs is 1. The van der Waals surface area contributed by atoms with E-state index in [4.69, 9.17) is 11.6 Å². The zero-order valence-corrected chi connectivity index (χ0v) is 7.86. The summed E-state index contributed by atoms with van der Waals surface area (Å²) in [6, 6.07) is 6.68. The minimum atomic E-state index is 0.553. The maximum absolute atomic E-state index is 6.08. The molecule has 0 bridgehead atoms. The summed E-state index contributed by atoms with van der Waals surface area (Å²) in [4.78, 5) is 0. The van der Waals surface area contributed by atoms with Gasteiger partial charge in [0.25, 0.3) is 0 Å². The SMILES string of the molecule is CC1Cc2c(Cl)cccc2CN1. The lowest BCUT2D eigenvalue weighted by molar-refractivity contribution is 0.514. The topological polar surface area (TPSA) is 12.0 Å². The molecule has 0 saturated carbocycles. The van der Waals surface area contributed by atoms with Crippen LogP contribution < -0.4 is 5.32 Å². The molecule has 1 aliphatic heterocycles. The Labute approximate surface area is 77.7 Å². The smallest absolute Gasteiger partial charge is 0.0441 e. The van der Waals surface area contributed by atoms with Gasteiger partial charge in [0, 0.05) is 17.6 Å². The fourth-order valence-electron chi connectivity index (χ4n) is 1.66. The minimum absolute atomic E-state index is 0.553. The zero-order valence-electron chi connectivity index (χ0n) is 7.10. The van der Waals surface area contributed by atoms with Crippen molar-refractivity contribution in [3.05, 3.63) is 34.3 Å². The molecule has 0 amide bonds. The fraction of sp³-hybridized carbons (Fsp3) is 0.400. The molecule has 0 radical (unpaired) electrons. The van der Waals surface area contributed by atoms with Crippen LogP contribution in [0, 0.1) is 0 Å². The van der Waals surface area contributed by atoms with E-state index in [9.17, 15) is 0 Å². The molecule has 0 saturated heterocycles. The van der Waals surface area contributed by atoms with Gasteiger partial charge in [0.05, 0.1) is 0 Å². The van der Waals surface area contributed by atoms with Crippen molar-refractivity contribution in [3.63, 3.8) is 0 Å². The summed E-state index contributed by atoms with van der Waals surface area (Å²) in [5.41, 5.74) is 2.67. The Morgan fingerprint density at radius 2 is 2.33 bits per heavy atom. The molecule has 0 aromatic heterocycles. The molecule has 0 fully saturated rings. The third kappa shape index (κ3) is 1.35. The van der Waals surface area contributed by atoms with Crippen LogP contribution in [0.4, 0.5) is 0 Å². The number of rotatable bonds is 0. The Kier molecular flexibility index (Phi) is 2.07. The molecule has 0 aliphatic carbocycles. The maximum atomic E-state index is 6.08. The average molecular weight is 182 g/mol. The Hall–Kier alpha value is -0.530. The monoisotopic (exact) mass is 181 g/mol. The number of halogens is 1. The van der Waals surface area contributed by atoms with Gasteiger partial charge in [-0.05, 0) is 30.5 Å². The van der Waals surface area contributed by atoms with Crippen molar-refractivity contribution in [2.24, 2.45) is 0 Å². The fourth-order valence-corrected chi connectivity index (χ4v) is 1.93. The summed E-state index contributed by atoms with van der Waals surface area (Å²) in [5.74, 6) is 0.